The Morgan fingerprint density at radius 2 is 1.92 bits per heavy atom. The summed E-state index contributed by atoms with van der Waals surface area (Å²) in [5.41, 5.74) is 0.0275. The Morgan fingerprint density at radius 1 is 1.15 bits per heavy atom. The molecule has 2 rings (SSSR count). The number of unbranched alkanes of at least 4 members (excludes halogenated alkanes) is 2. The second-order valence-corrected chi connectivity index (χ2v) is 6.66. The molecule has 0 unspecified atom stereocenters. The molecule has 0 spiro atoms. The van der Waals surface area contributed by atoms with E-state index < -0.39 is 5.91 Å². The Hall–Kier alpha value is -2.62. The van der Waals surface area contributed by atoms with Crippen LogP contribution in [0.15, 0.2) is 11.0 Å². The van der Waals surface area contributed by atoms with E-state index in [1.165, 1.54) is 24.9 Å². The van der Waals surface area contributed by atoms with E-state index in [4.69, 9.17) is 0 Å². The molecular weight excluding hydrogens is 358 g/mol. The van der Waals surface area contributed by atoms with Crippen LogP contribution < -0.4 is 16.0 Å². The van der Waals surface area contributed by atoms with Gasteiger partial charge in [-0.25, -0.2) is 4.79 Å². The number of aromatic nitrogens is 2. The lowest BCUT2D eigenvalue weighted by atomic mass is 9.99. The van der Waals surface area contributed by atoms with Crippen LogP contribution in [0.3, 0.4) is 0 Å². The van der Waals surface area contributed by atoms with Crippen molar-refractivity contribution in [3.63, 3.8) is 0 Å². The van der Waals surface area contributed by atoms with Crippen molar-refractivity contribution in [2.75, 3.05) is 26.4 Å². The maximum Gasteiger partial charge on any atom is 0.314 e. The van der Waals surface area contributed by atoms with Gasteiger partial charge in [-0.05, 0) is 18.6 Å². The van der Waals surface area contributed by atoms with Gasteiger partial charge in [-0.3, -0.25) is 19.5 Å². The Kier molecular flexibility index (Phi) is 6.96. The zero-order valence-corrected chi connectivity index (χ0v) is 15.4. The van der Waals surface area contributed by atoms with Crippen LogP contribution in [0.2, 0.25) is 0 Å². The van der Waals surface area contributed by atoms with Crippen LogP contribution in [0.25, 0.3) is 0 Å². The zero-order valence-electron chi connectivity index (χ0n) is 14.6. The highest BCUT2D eigenvalue weighted by atomic mass is 32.2. The van der Waals surface area contributed by atoms with Gasteiger partial charge in [-0.15, -0.1) is 11.8 Å². The maximum atomic E-state index is 12.6. The summed E-state index contributed by atoms with van der Waals surface area (Å²) in [6, 6.07) is -0.210. The molecule has 1 aliphatic carbocycles. The lowest BCUT2D eigenvalue weighted by Crippen LogP contribution is -2.33. The molecule has 0 aromatic carbocycles. The Bertz CT molecular complexity index is 756. The molecule has 0 saturated carbocycles. The minimum atomic E-state index is -0.515. The first-order chi connectivity index (χ1) is 12.5. The van der Waals surface area contributed by atoms with E-state index in [0.717, 1.165) is 19.3 Å². The number of amides is 3. The average Bonchev–Trinajstić information content (AvgIpc) is 3.09. The summed E-state index contributed by atoms with van der Waals surface area (Å²) in [4.78, 5) is 47.9. The number of hydrogen-bond acceptors (Lipinski definition) is 6. The standard InChI is InChI=1S/C16H21N5O4S/c1-17-15(24)13-11-12(20-21-13)9(22)8-10(14(11)23)26-7-5-3-4-6-19-16(25)18-2/h8H,3-7H2,1-2H3,(H,17,24)(H,20,21)(H2,18,19,25). The van der Waals surface area contributed by atoms with E-state index in [-0.39, 0.29) is 34.5 Å². The predicted octanol–water partition coefficient (Wildman–Crippen LogP) is 0.865. The fourth-order valence-corrected chi connectivity index (χ4v) is 3.38. The Labute approximate surface area is 154 Å². The smallest absolute Gasteiger partial charge is 0.314 e. The number of H-pyrrole nitrogens is 1. The number of allylic oxidation sites excluding steroid dienone is 2. The number of Topliss-reactive ketones (excluding diaryl/α,β-unsaturated/α-hetero) is 1. The molecule has 10 heteroatoms. The van der Waals surface area contributed by atoms with Gasteiger partial charge in [-0.2, -0.15) is 5.10 Å². The number of nitrogens with zero attached hydrogens (tertiary/aromatic N) is 1. The third-order valence-electron chi connectivity index (χ3n) is 3.76. The van der Waals surface area contributed by atoms with Gasteiger partial charge in [0.1, 0.15) is 5.69 Å². The van der Waals surface area contributed by atoms with Crippen molar-refractivity contribution < 1.29 is 19.2 Å². The van der Waals surface area contributed by atoms with Crippen LogP contribution in [0.5, 0.6) is 0 Å². The molecule has 1 aromatic heterocycles. The lowest BCUT2D eigenvalue weighted by molar-refractivity contribution is 0.0945. The summed E-state index contributed by atoms with van der Waals surface area (Å²) in [5.74, 6) is -0.580. The number of nitrogens with one attached hydrogen (secondary N) is 4. The van der Waals surface area contributed by atoms with E-state index in [9.17, 15) is 19.2 Å². The van der Waals surface area contributed by atoms with Crippen molar-refractivity contribution in [3.05, 3.63) is 27.9 Å². The van der Waals surface area contributed by atoms with Crippen molar-refractivity contribution in [2.45, 2.75) is 19.3 Å². The highest BCUT2D eigenvalue weighted by molar-refractivity contribution is 8.04. The van der Waals surface area contributed by atoms with Gasteiger partial charge in [0.2, 0.25) is 11.6 Å². The Balaban J connectivity index is 1.87. The molecule has 1 aliphatic rings. The van der Waals surface area contributed by atoms with Crippen LogP contribution in [0, 0.1) is 0 Å². The minimum absolute atomic E-state index is 0.0362. The largest absolute Gasteiger partial charge is 0.354 e. The number of fused-ring (bicyclic) bond motifs is 1. The summed E-state index contributed by atoms with van der Waals surface area (Å²) in [7, 11) is 2.99. The minimum Gasteiger partial charge on any atom is -0.354 e. The van der Waals surface area contributed by atoms with E-state index in [1.807, 2.05) is 0 Å². The number of rotatable bonds is 8. The number of aromatic amines is 1. The van der Waals surface area contributed by atoms with Crippen LogP contribution in [0.1, 0.15) is 50.6 Å². The molecule has 9 nitrogen and oxygen atoms in total. The monoisotopic (exact) mass is 379 g/mol. The fourth-order valence-electron chi connectivity index (χ4n) is 2.39. The predicted molar refractivity (Wildman–Crippen MR) is 97.5 cm³/mol. The first-order valence-corrected chi connectivity index (χ1v) is 9.17. The van der Waals surface area contributed by atoms with Gasteiger partial charge >= 0.3 is 6.03 Å². The first-order valence-electron chi connectivity index (χ1n) is 8.19. The van der Waals surface area contributed by atoms with Gasteiger partial charge in [0.05, 0.1) is 10.5 Å². The van der Waals surface area contributed by atoms with Crippen LogP contribution in [0.4, 0.5) is 4.79 Å². The van der Waals surface area contributed by atoms with Crippen molar-refractivity contribution in [2.24, 2.45) is 0 Å². The van der Waals surface area contributed by atoms with Crippen molar-refractivity contribution in [3.8, 4) is 0 Å². The Morgan fingerprint density at radius 3 is 2.62 bits per heavy atom. The number of ketones is 2. The van der Waals surface area contributed by atoms with Crippen LogP contribution >= 0.6 is 11.8 Å². The number of hydrogen-bond donors (Lipinski definition) is 4. The quantitative estimate of drug-likeness (QED) is 0.495. The second kappa shape index (κ2) is 9.18. The summed E-state index contributed by atoms with van der Waals surface area (Å²) in [5, 5.41) is 13.8. The average molecular weight is 379 g/mol. The molecule has 0 atom stereocenters. The van der Waals surface area contributed by atoms with Crippen molar-refractivity contribution >= 4 is 35.3 Å². The van der Waals surface area contributed by atoms with E-state index in [1.54, 1.807) is 7.05 Å². The second-order valence-electron chi connectivity index (χ2n) is 5.52. The van der Waals surface area contributed by atoms with Gasteiger partial charge in [0.15, 0.2) is 5.69 Å². The molecule has 4 N–H and O–H groups in total. The topological polar surface area (TPSA) is 133 Å². The third kappa shape index (κ3) is 4.51. The molecule has 0 bridgehead atoms. The van der Waals surface area contributed by atoms with Crippen molar-refractivity contribution in [1.29, 1.82) is 0 Å². The number of urea groups is 1. The molecule has 0 saturated heterocycles. The third-order valence-corrected chi connectivity index (χ3v) is 4.87. The van der Waals surface area contributed by atoms with Gasteiger partial charge in [0.25, 0.3) is 5.91 Å². The van der Waals surface area contributed by atoms with Gasteiger partial charge < -0.3 is 16.0 Å². The molecular formula is C16H21N5O4S. The zero-order chi connectivity index (χ0) is 19.1. The summed E-state index contributed by atoms with van der Waals surface area (Å²) < 4.78 is 0. The van der Waals surface area contributed by atoms with Crippen molar-refractivity contribution in [1.82, 2.24) is 26.1 Å². The summed E-state index contributed by atoms with van der Waals surface area (Å²) >= 11 is 1.29. The lowest BCUT2D eigenvalue weighted by Gasteiger charge is -2.12. The SMILES string of the molecule is CNC(=O)NCCCCCSC1=CC(=O)c2[nH]nc(C(=O)NC)c2C1=O. The molecule has 26 heavy (non-hydrogen) atoms. The van der Waals surface area contributed by atoms with E-state index in [0.29, 0.717) is 17.2 Å². The summed E-state index contributed by atoms with van der Waals surface area (Å²) in [6.07, 6.45) is 3.83. The molecule has 0 fully saturated rings. The number of carbonyl (C=O) groups excluding carboxylic acids is 4. The summed E-state index contributed by atoms with van der Waals surface area (Å²) in [6.45, 7) is 0.582. The number of carbonyl (C=O) groups is 4. The van der Waals surface area contributed by atoms with E-state index in [2.05, 4.69) is 26.1 Å². The molecule has 1 heterocycles. The molecule has 140 valence electrons. The van der Waals surface area contributed by atoms with Crippen LogP contribution in [-0.4, -0.2) is 60.1 Å². The van der Waals surface area contributed by atoms with E-state index >= 15 is 0 Å². The van der Waals surface area contributed by atoms with Gasteiger partial charge in [0, 0.05) is 26.7 Å². The fraction of sp³-hybridized carbons (Fsp3) is 0.438. The molecule has 3 amide bonds. The molecule has 1 aromatic rings. The molecule has 0 radical (unpaired) electrons. The molecule has 0 aliphatic heterocycles. The van der Waals surface area contributed by atoms with Crippen LogP contribution in [-0.2, 0) is 0 Å². The van der Waals surface area contributed by atoms with Gasteiger partial charge in [-0.1, -0.05) is 6.42 Å². The normalized spacial score (nSPS) is 13.1. The highest BCUT2D eigenvalue weighted by Gasteiger charge is 2.33. The highest BCUT2D eigenvalue weighted by Crippen LogP contribution is 2.29. The first kappa shape index (κ1) is 19.7. The maximum absolute atomic E-state index is 12.6. The number of thioether (sulfide) groups is 1.